The highest BCUT2D eigenvalue weighted by atomic mass is 16.6. The van der Waals surface area contributed by atoms with Crippen molar-refractivity contribution >= 4 is 23.2 Å². The second kappa shape index (κ2) is 10.0. The smallest absolute Gasteiger partial charge is 0.310 e. The number of nitro benzene ring substituents is 1. The lowest BCUT2D eigenvalue weighted by Gasteiger charge is -2.15. The van der Waals surface area contributed by atoms with Gasteiger partial charge in [-0.1, -0.05) is 42.5 Å². The Kier molecular flexibility index (Phi) is 6.95. The minimum atomic E-state index is -0.963. The molecule has 0 fully saturated rings. The molecule has 0 aliphatic heterocycles. The van der Waals surface area contributed by atoms with Gasteiger partial charge in [0.2, 0.25) is 0 Å². The topological polar surface area (TPSA) is 111 Å². The van der Waals surface area contributed by atoms with E-state index in [2.05, 4.69) is 10.6 Å². The van der Waals surface area contributed by atoms with E-state index in [0.29, 0.717) is 17.8 Å². The van der Waals surface area contributed by atoms with Crippen LogP contribution in [0.15, 0.2) is 78.9 Å². The standard InChI is InChI=1S/C23H21N3O5/c1-16(31-21-10-6-5-9-20(21)26(29)30)22(27)25-19-13-11-18(12-14-19)23(28)24-15-17-7-3-2-4-8-17/h2-14,16H,15H2,1H3,(H,24,28)(H,25,27). The summed E-state index contributed by atoms with van der Waals surface area (Å²) < 4.78 is 5.46. The Labute approximate surface area is 179 Å². The summed E-state index contributed by atoms with van der Waals surface area (Å²) in [5.41, 5.74) is 1.71. The summed E-state index contributed by atoms with van der Waals surface area (Å²) in [6, 6.07) is 21.8. The quantitative estimate of drug-likeness (QED) is 0.425. The number of nitro groups is 1. The molecule has 1 atom stereocenters. The third-order valence-corrected chi connectivity index (χ3v) is 4.45. The number of hydrogen-bond donors (Lipinski definition) is 2. The molecule has 31 heavy (non-hydrogen) atoms. The fourth-order valence-electron chi connectivity index (χ4n) is 2.78. The summed E-state index contributed by atoms with van der Waals surface area (Å²) >= 11 is 0. The Morgan fingerprint density at radius 3 is 2.29 bits per heavy atom. The number of carbonyl (C=O) groups is 2. The monoisotopic (exact) mass is 419 g/mol. The molecule has 8 nitrogen and oxygen atoms in total. The largest absolute Gasteiger partial charge is 0.474 e. The van der Waals surface area contributed by atoms with Crippen molar-refractivity contribution in [2.45, 2.75) is 19.6 Å². The van der Waals surface area contributed by atoms with Gasteiger partial charge in [-0.2, -0.15) is 0 Å². The van der Waals surface area contributed by atoms with Crippen LogP contribution in [-0.2, 0) is 11.3 Å². The van der Waals surface area contributed by atoms with Crippen LogP contribution >= 0.6 is 0 Å². The maximum absolute atomic E-state index is 12.4. The van der Waals surface area contributed by atoms with Gasteiger partial charge < -0.3 is 15.4 Å². The van der Waals surface area contributed by atoms with Gasteiger partial charge in [-0.05, 0) is 42.8 Å². The predicted octanol–water partition coefficient (Wildman–Crippen LogP) is 3.93. The van der Waals surface area contributed by atoms with Gasteiger partial charge in [-0.3, -0.25) is 19.7 Å². The van der Waals surface area contributed by atoms with Crippen LogP contribution in [0.25, 0.3) is 0 Å². The van der Waals surface area contributed by atoms with Gasteiger partial charge >= 0.3 is 5.69 Å². The van der Waals surface area contributed by atoms with Gasteiger partial charge in [0.15, 0.2) is 11.9 Å². The Morgan fingerprint density at radius 2 is 1.61 bits per heavy atom. The first-order valence-electron chi connectivity index (χ1n) is 9.57. The first-order valence-corrected chi connectivity index (χ1v) is 9.57. The average Bonchev–Trinajstić information content (AvgIpc) is 2.78. The van der Waals surface area contributed by atoms with Crippen molar-refractivity contribution < 1.29 is 19.2 Å². The van der Waals surface area contributed by atoms with Crippen molar-refractivity contribution in [3.63, 3.8) is 0 Å². The van der Waals surface area contributed by atoms with Crippen molar-refractivity contribution in [2.24, 2.45) is 0 Å². The zero-order valence-electron chi connectivity index (χ0n) is 16.8. The molecule has 158 valence electrons. The van der Waals surface area contributed by atoms with Gasteiger partial charge in [0.05, 0.1) is 4.92 Å². The lowest BCUT2D eigenvalue weighted by atomic mass is 10.1. The summed E-state index contributed by atoms with van der Waals surface area (Å²) in [5.74, 6) is -0.685. The third-order valence-electron chi connectivity index (χ3n) is 4.45. The number of hydrogen-bond acceptors (Lipinski definition) is 5. The summed E-state index contributed by atoms with van der Waals surface area (Å²) in [7, 11) is 0. The zero-order chi connectivity index (χ0) is 22.2. The molecule has 8 heteroatoms. The van der Waals surface area contributed by atoms with E-state index < -0.39 is 16.9 Å². The van der Waals surface area contributed by atoms with Crippen LogP contribution in [0.5, 0.6) is 5.75 Å². The average molecular weight is 419 g/mol. The summed E-state index contributed by atoms with van der Waals surface area (Å²) in [6.07, 6.45) is -0.963. The van der Waals surface area contributed by atoms with Crippen LogP contribution in [0, 0.1) is 10.1 Å². The molecule has 0 bridgehead atoms. The molecule has 2 N–H and O–H groups in total. The second-order valence-corrected chi connectivity index (χ2v) is 6.72. The van der Waals surface area contributed by atoms with Crippen LogP contribution in [0.2, 0.25) is 0 Å². The molecule has 0 aliphatic rings. The lowest BCUT2D eigenvalue weighted by Crippen LogP contribution is -2.30. The van der Waals surface area contributed by atoms with E-state index in [9.17, 15) is 19.7 Å². The number of carbonyl (C=O) groups excluding carboxylic acids is 2. The molecule has 3 aromatic carbocycles. The Morgan fingerprint density at radius 1 is 0.968 bits per heavy atom. The van der Waals surface area contributed by atoms with E-state index >= 15 is 0 Å². The molecule has 0 heterocycles. The Balaban J connectivity index is 1.56. The SMILES string of the molecule is CC(Oc1ccccc1[N+](=O)[O-])C(=O)Nc1ccc(C(=O)NCc2ccccc2)cc1. The first kappa shape index (κ1) is 21.5. The van der Waals surface area contributed by atoms with Crippen LogP contribution < -0.4 is 15.4 Å². The number of benzene rings is 3. The van der Waals surface area contributed by atoms with Crippen LogP contribution in [0.4, 0.5) is 11.4 Å². The van der Waals surface area contributed by atoms with Crippen molar-refractivity contribution in [3.05, 3.63) is 100 Å². The van der Waals surface area contributed by atoms with E-state index in [1.165, 1.54) is 25.1 Å². The van der Waals surface area contributed by atoms with Crippen LogP contribution in [0.1, 0.15) is 22.8 Å². The number of anilines is 1. The molecule has 3 aromatic rings. The maximum Gasteiger partial charge on any atom is 0.310 e. The van der Waals surface area contributed by atoms with Crippen molar-refractivity contribution in [3.8, 4) is 5.75 Å². The number of nitrogens with one attached hydrogen (secondary N) is 2. The van der Waals surface area contributed by atoms with Crippen LogP contribution in [0.3, 0.4) is 0 Å². The van der Waals surface area contributed by atoms with E-state index in [1.807, 2.05) is 30.3 Å². The molecule has 0 saturated heterocycles. The van der Waals surface area contributed by atoms with E-state index in [0.717, 1.165) is 5.56 Å². The lowest BCUT2D eigenvalue weighted by molar-refractivity contribution is -0.386. The van der Waals surface area contributed by atoms with Gasteiger partial charge in [-0.15, -0.1) is 0 Å². The Hall–Kier alpha value is -4.20. The molecule has 2 amide bonds. The van der Waals surface area contributed by atoms with Crippen molar-refractivity contribution in [2.75, 3.05) is 5.32 Å². The summed E-state index contributed by atoms with van der Waals surface area (Å²) in [6.45, 7) is 1.91. The highest BCUT2D eigenvalue weighted by Crippen LogP contribution is 2.27. The van der Waals surface area contributed by atoms with Gasteiger partial charge in [-0.25, -0.2) is 0 Å². The van der Waals surface area contributed by atoms with E-state index in [-0.39, 0.29) is 17.3 Å². The summed E-state index contributed by atoms with van der Waals surface area (Å²) in [5, 5.41) is 16.6. The fraction of sp³-hybridized carbons (Fsp3) is 0.130. The molecule has 1 unspecified atom stereocenters. The van der Waals surface area contributed by atoms with Crippen LogP contribution in [-0.4, -0.2) is 22.8 Å². The molecule has 0 radical (unpaired) electrons. The minimum Gasteiger partial charge on any atom is -0.474 e. The predicted molar refractivity (Wildman–Crippen MR) is 116 cm³/mol. The van der Waals surface area contributed by atoms with E-state index in [4.69, 9.17) is 4.74 Å². The Bertz CT molecular complexity index is 1070. The molecular weight excluding hydrogens is 398 g/mol. The van der Waals surface area contributed by atoms with Gasteiger partial charge in [0.25, 0.3) is 11.8 Å². The molecule has 0 aliphatic carbocycles. The number of para-hydroxylation sites is 2. The normalized spacial score (nSPS) is 11.3. The fourth-order valence-corrected chi connectivity index (χ4v) is 2.78. The van der Waals surface area contributed by atoms with Gasteiger partial charge in [0, 0.05) is 23.9 Å². The number of ether oxygens (including phenoxy) is 1. The first-order chi connectivity index (χ1) is 14.9. The van der Waals surface area contributed by atoms with Gasteiger partial charge in [0.1, 0.15) is 0 Å². The number of amides is 2. The molecule has 3 rings (SSSR count). The van der Waals surface area contributed by atoms with E-state index in [1.54, 1.807) is 30.3 Å². The van der Waals surface area contributed by atoms with Crippen molar-refractivity contribution in [1.82, 2.24) is 5.32 Å². The molecular formula is C23H21N3O5. The number of nitrogens with zero attached hydrogens (tertiary/aromatic N) is 1. The minimum absolute atomic E-state index is 0.0144. The third kappa shape index (κ3) is 5.89. The highest BCUT2D eigenvalue weighted by Gasteiger charge is 2.20. The number of rotatable bonds is 8. The molecule has 0 spiro atoms. The summed E-state index contributed by atoms with van der Waals surface area (Å²) in [4.78, 5) is 35.2. The maximum atomic E-state index is 12.4. The molecule has 0 aromatic heterocycles. The highest BCUT2D eigenvalue weighted by molar-refractivity contribution is 5.96. The second-order valence-electron chi connectivity index (χ2n) is 6.72. The molecule has 0 saturated carbocycles. The van der Waals surface area contributed by atoms with Crippen molar-refractivity contribution in [1.29, 1.82) is 0 Å². The zero-order valence-corrected chi connectivity index (χ0v) is 16.8.